The van der Waals surface area contributed by atoms with Gasteiger partial charge in [-0.05, 0) is 29.6 Å². The Balaban J connectivity index is 1.68. The Kier molecular flexibility index (Phi) is 4.45. The monoisotopic (exact) mass is 344 g/mol. The predicted molar refractivity (Wildman–Crippen MR) is 104 cm³/mol. The van der Waals surface area contributed by atoms with Crippen LogP contribution in [0.2, 0.25) is 5.15 Å². The Morgan fingerprint density at radius 2 is 1.28 bits per heavy atom. The molecule has 1 aromatic heterocycles. The fourth-order valence-corrected chi connectivity index (χ4v) is 3.23. The molecule has 2 nitrogen and oxygen atoms in total. The Morgan fingerprint density at radius 3 is 1.92 bits per heavy atom. The average Bonchev–Trinajstić information content (AvgIpc) is 2.69. The van der Waals surface area contributed by atoms with Crippen molar-refractivity contribution in [1.29, 1.82) is 0 Å². The molecular formula is C22H17ClN2. The van der Waals surface area contributed by atoms with E-state index in [1.807, 2.05) is 42.5 Å². The Hall–Kier alpha value is -2.71. The summed E-state index contributed by atoms with van der Waals surface area (Å²) in [5, 5.41) is 0.475. The number of rotatable bonds is 3. The number of allylic oxidation sites excluding steroid dienone is 4. The molecule has 1 heterocycles. The molecule has 25 heavy (non-hydrogen) atoms. The Bertz CT molecular complexity index is 944. The molecule has 0 amide bonds. The highest BCUT2D eigenvalue weighted by atomic mass is 35.5. The lowest BCUT2D eigenvalue weighted by Crippen LogP contribution is -1.99. The van der Waals surface area contributed by atoms with E-state index < -0.39 is 0 Å². The number of halogens is 1. The molecule has 0 saturated carbocycles. The predicted octanol–water partition coefficient (Wildman–Crippen LogP) is 6.06. The summed E-state index contributed by atoms with van der Waals surface area (Å²) in [7, 11) is 0. The lowest BCUT2D eigenvalue weighted by molar-refractivity contribution is 1.04. The number of hydrogen-bond acceptors (Lipinski definition) is 2. The lowest BCUT2D eigenvalue weighted by atomic mass is 9.92. The average molecular weight is 345 g/mol. The molecule has 0 fully saturated rings. The van der Waals surface area contributed by atoms with Gasteiger partial charge in [0.25, 0.3) is 0 Å². The molecule has 2 aromatic carbocycles. The number of aromatic nitrogens is 2. The molecule has 0 spiro atoms. The van der Waals surface area contributed by atoms with Crippen LogP contribution in [0.1, 0.15) is 24.1 Å². The summed E-state index contributed by atoms with van der Waals surface area (Å²) in [6.07, 6.45) is 6.28. The van der Waals surface area contributed by atoms with E-state index in [9.17, 15) is 0 Å². The molecule has 1 aliphatic rings. The van der Waals surface area contributed by atoms with Gasteiger partial charge in [0, 0.05) is 11.6 Å². The summed E-state index contributed by atoms with van der Waals surface area (Å²) < 4.78 is 0. The maximum absolute atomic E-state index is 6.25. The van der Waals surface area contributed by atoms with E-state index in [1.54, 1.807) is 0 Å². The zero-order valence-electron chi connectivity index (χ0n) is 13.7. The summed E-state index contributed by atoms with van der Waals surface area (Å²) in [5.41, 5.74) is 5.71. The minimum absolute atomic E-state index is 0.475. The first-order valence-electron chi connectivity index (χ1n) is 8.35. The van der Waals surface area contributed by atoms with E-state index in [0.717, 1.165) is 24.1 Å². The molecular weight excluding hydrogens is 328 g/mol. The molecule has 4 rings (SSSR count). The molecule has 122 valence electrons. The number of hydrogen-bond donors (Lipinski definition) is 0. The second kappa shape index (κ2) is 7.04. The van der Waals surface area contributed by atoms with Gasteiger partial charge in [0.05, 0.1) is 5.69 Å². The molecule has 0 N–H and O–H groups in total. The van der Waals surface area contributed by atoms with Gasteiger partial charge in [-0.15, -0.1) is 0 Å². The van der Waals surface area contributed by atoms with Crippen molar-refractivity contribution in [3.05, 3.63) is 95.3 Å². The van der Waals surface area contributed by atoms with Crippen molar-refractivity contribution in [2.75, 3.05) is 0 Å². The van der Waals surface area contributed by atoms with Crippen LogP contribution in [0.15, 0.2) is 78.9 Å². The zero-order valence-corrected chi connectivity index (χ0v) is 14.4. The SMILES string of the molecule is Clc1cc(C2=CC=C(c3ccccc3)CC2)nc(-c2ccccc2)n1. The highest BCUT2D eigenvalue weighted by molar-refractivity contribution is 6.29. The Morgan fingerprint density at radius 1 is 0.680 bits per heavy atom. The van der Waals surface area contributed by atoms with Crippen LogP contribution in [0.5, 0.6) is 0 Å². The minimum Gasteiger partial charge on any atom is -0.228 e. The lowest BCUT2D eigenvalue weighted by Gasteiger charge is -2.15. The van der Waals surface area contributed by atoms with Crippen molar-refractivity contribution in [2.24, 2.45) is 0 Å². The molecule has 0 bridgehead atoms. The highest BCUT2D eigenvalue weighted by Gasteiger charge is 2.13. The molecule has 3 heteroatoms. The smallest absolute Gasteiger partial charge is 0.161 e. The van der Waals surface area contributed by atoms with Gasteiger partial charge in [-0.1, -0.05) is 84.4 Å². The molecule has 0 unspecified atom stereocenters. The molecule has 1 aliphatic carbocycles. The van der Waals surface area contributed by atoms with E-state index >= 15 is 0 Å². The standard InChI is InChI=1S/C22H17ClN2/c23-21-15-20(24-22(25-21)19-9-5-2-6-10-19)18-13-11-17(12-14-18)16-7-3-1-4-8-16/h1-11,13,15H,12,14H2. The van der Waals surface area contributed by atoms with Crippen molar-refractivity contribution < 1.29 is 0 Å². The molecule has 3 aromatic rings. The van der Waals surface area contributed by atoms with Crippen molar-refractivity contribution >= 4 is 22.7 Å². The maximum Gasteiger partial charge on any atom is 0.161 e. The fraction of sp³-hybridized carbons (Fsp3) is 0.0909. The third kappa shape index (κ3) is 3.54. The van der Waals surface area contributed by atoms with Crippen LogP contribution in [-0.2, 0) is 0 Å². The zero-order chi connectivity index (χ0) is 17.1. The normalized spacial score (nSPS) is 14.0. The van der Waals surface area contributed by atoms with Gasteiger partial charge in [-0.3, -0.25) is 0 Å². The topological polar surface area (TPSA) is 25.8 Å². The molecule has 0 saturated heterocycles. The first kappa shape index (κ1) is 15.8. The number of nitrogens with zero attached hydrogens (tertiary/aromatic N) is 2. The van der Waals surface area contributed by atoms with Gasteiger partial charge in [-0.25, -0.2) is 9.97 Å². The van der Waals surface area contributed by atoms with E-state index in [-0.39, 0.29) is 0 Å². The van der Waals surface area contributed by atoms with Crippen LogP contribution in [0.4, 0.5) is 0 Å². The Labute approximate surface area is 152 Å². The van der Waals surface area contributed by atoms with E-state index in [0.29, 0.717) is 11.0 Å². The third-order valence-corrected chi connectivity index (χ3v) is 4.54. The van der Waals surface area contributed by atoms with Gasteiger partial charge < -0.3 is 0 Å². The van der Waals surface area contributed by atoms with E-state index in [4.69, 9.17) is 16.6 Å². The van der Waals surface area contributed by atoms with Crippen LogP contribution >= 0.6 is 11.6 Å². The summed E-state index contributed by atoms with van der Waals surface area (Å²) in [6.45, 7) is 0. The number of benzene rings is 2. The maximum atomic E-state index is 6.25. The molecule has 0 radical (unpaired) electrons. The van der Waals surface area contributed by atoms with Crippen LogP contribution in [-0.4, -0.2) is 9.97 Å². The largest absolute Gasteiger partial charge is 0.228 e. The quantitative estimate of drug-likeness (QED) is 0.540. The van der Waals surface area contributed by atoms with Gasteiger partial charge in [0.1, 0.15) is 5.15 Å². The van der Waals surface area contributed by atoms with Crippen LogP contribution in [0, 0.1) is 0 Å². The second-order valence-corrected chi connectivity index (χ2v) is 6.40. The summed E-state index contributed by atoms with van der Waals surface area (Å²) in [5.74, 6) is 0.668. The van der Waals surface area contributed by atoms with Crippen molar-refractivity contribution in [3.63, 3.8) is 0 Å². The van der Waals surface area contributed by atoms with Gasteiger partial charge in [0.2, 0.25) is 0 Å². The molecule has 0 atom stereocenters. The van der Waals surface area contributed by atoms with Crippen molar-refractivity contribution in [3.8, 4) is 11.4 Å². The first-order valence-corrected chi connectivity index (χ1v) is 8.73. The summed E-state index contributed by atoms with van der Waals surface area (Å²) in [4.78, 5) is 9.11. The highest BCUT2D eigenvalue weighted by Crippen LogP contribution is 2.32. The summed E-state index contributed by atoms with van der Waals surface area (Å²) >= 11 is 6.25. The van der Waals surface area contributed by atoms with E-state index in [1.165, 1.54) is 16.7 Å². The van der Waals surface area contributed by atoms with Gasteiger partial charge in [-0.2, -0.15) is 0 Å². The van der Waals surface area contributed by atoms with Gasteiger partial charge in [0.15, 0.2) is 5.82 Å². The van der Waals surface area contributed by atoms with Crippen LogP contribution in [0.25, 0.3) is 22.5 Å². The first-order chi connectivity index (χ1) is 12.3. The van der Waals surface area contributed by atoms with E-state index in [2.05, 4.69) is 41.4 Å². The second-order valence-electron chi connectivity index (χ2n) is 6.02. The van der Waals surface area contributed by atoms with Crippen LogP contribution < -0.4 is 0 Å². The minimum atomic E-state index is 0.475. The van der Waals surface area contributed by atoms with Gasteiger partial charge >= 0.3 is 0 Å². The summed E-state index contributed by atoms with van der Waals surface area (Å²) in [6, 6.07) is 22.3. The molecule has 0 aliphatic heterocycles. The third-order valence-electron chi connectivity index (χ3n) is 4.35. The van der Waals surface area contributed by atoms with Crippen molar-refractivity contribution in [1.82, 2.24) is 9.97 Å². The van der Waals surface area contributed by atoms with Crippen LogP contribution in [0.3, 0.4) is 0 Å². The van der Waals surface area contributed by atoms with Crippen molar-refractivity contribution in [2.45, 2.75) is 12.8 Å². The fourth-order valence-electron chi connectivity index (χ4n) is 3.04.